The van der Waals surface area contributed by atoms with E-state index in [9.17, 15) is 9.18 Å². The van der Waals surface area contributed by atoms with Crippen molar-refractivity contribution in [1.29, 1.82) is 0 Å². The standard InChI is InChI=1S/C26H30FN3O/c1-17-4-7-24-22(14-17)26(2,3)25(31)30(24)13-12-29-10-8-18(9-11-29)21-16-28-23-15-19(27)5-6-20(21)23/h4-7,14-16,18,28H,8-13H2,1-3H3. The summed E-state index contributed by atoms with van der Waals surface area (Å²) in [4.78, 5) is 20.8. The van der Waals surface area contributed by atoms with Crippen molar-refractivity contribution in [1.82, 2.24) is 9.88 Å². The molecule has 31 heavy (non-hydrogen) atoms. The largest absolute Gasteiger partial charge is 0.361 e. The molecule has 5 heteroatoms. The molecule has 4 nitrogen and oxygen atoms in total. The molecule has 1 fully saturated rings. The van der Waals surface area contributed by atoms with Gasteiger partial charge in [0.2, 0.25) is 5.91 Å². The zero-order valence-corrected chi connectivity index (χ0v) is 18.5. The number of rotatable bonds is 4. The van der Waals surface area contributed by atoms with Gasteiger partial charge in [-0.2, -0.15) is 0 Å². The second-order valence-electron chi connectivity index (χ2n) is 9.65. The van der Waals surface area contributed by atoms with E-state index in [1.807, 2.05) is 31.0 Å². The molecule has 0 unspecified atom stereocenters. The van der Waals surface area contributed by atoms with Crippen LogP contribution in [0.3, 0.4) is 0 Å². The van der Waals surface area contributed by atoms with E-state index in [-0.39, 0.29) is 11.7 Å². The number of aromatic amines is 1. The summed E-state index contributed by atoms with van der Waals surface area (Å²) in [6.07, 6.45) is 4.22. The second-order valence-corrected chi connectivity index (χ2v) is 9.65. The summed E-state index contributed by atoms with van der Waals surface area (Å²) in [6, 6.07) is 11.4. The third-order valence-corrected chi connectivity index (χ3v) is 7.24. The number of nitrogens with zero attached hydrogens (tertiary/aromatic N) is 2. The van der Waals surface area contributed by atoms with Crippen molar-refractivity contribution in [2.45, 2.75) is 44.9 Å². The minimum Gasteiger partial charge on any atom is -0.361 e. The summed E-state index contributed by atoms with van der Waals surface area (Å²) < 4.78 is 13.5. The fraction of sp³-hybridized carbons (Fsp3) is 0.423. The number of aryl methyl sites for hydroxylation is 1. The van der Waals surface area contributed by atoms with Crippen molar-refractivity contribution in [3.63, 3.8) is 0 Å². The first-order valence-corrected chi connectivity index (χ1v) is 11.3. The topological polar surface area (TPSA) is 39.3 Å². The van der Waals surface area contributed by atoms with Crippen molar-refractivity contribution >= 4 is 22.5 Å². The fourth-order valence-corrected chi connectivity index (χ4v) is 5.34. The van der Waals surface area contributed by atoms with Crippen LogP contribution in [0, 0.1) is 12.7 Å². The molecule has 0 saturated carbocycles. The fourth-order valence-electron chi connectivity index (χ4n) is 5.34. The highest BCUT2D eigenvalue weighted by atomic mass is 19.1. The first-order valence-electron chi connectivity index (χ1n) is 11.3. The van der Waals surface area contributed by atoms with Gasteiger partial charge in [-0.15, -0.1) is 0 Å². The average molecular weight is 420 g/mol. The number of piperidine rings is 1. The van der Waals surface area contributed by atoms with E-state index in [2.05, 4.69) is 35.0 Å². The molecule has 5 rings (SSSR count). The number of fused-ring (bicyclic) bond motifs is 2. The van der Waals surface area contributed by atoms with Gasteiger partial charge in [0.15, 0.2) is 0 Å². The maximum absolute atomic E-state index is 13.5. The van der Waals surface area contributed by atoms with E-state index in [0.717, 1.165) is 61.2 Å². The highest BCUT2D eigenvalue weighted by Crippen LogP contribution is 2.42. The smallest absolute Gasteiger partial charge is 0.237 e. The van der Waals surface area contributed by atoms with Crippen LogP contribution < -0.4 is 4.90 Å². The Labute approximate surface area is 183 Å². The van der Waals surface area contributed by atoms with Gasteiger partial charge < -0.3 is 14.8 Å². The molecule has 0 spiro atoms. The molecule has 3 aromatic rings. The van der Waals surface area contributed by atoms with Crippen molar-refractivity contribution < 1.29 is 9.18 Å². The van der Waals surface area contributed by atoms with Crippen molar-refractivity contribution in [3.05, 3.63) is 65.1 Å². The number of H-pyrrole nitrogens is 1. The first-order chi connectivity index (χ1) is 14.8. The molecule has 0 atom stereocenters. The van der Waals surface area contributed by atoms with Gasteiger partial charge in [0.1, 0.15) is 5.82 Å². The Balaban J connectivity index is 1.23. The molecular weight excluding hydrogens is 389 g/mol. The lowest BCUT2D eigenvalue weighted by Gasteiger charge is -2.33. The molecule has 2 aliphatic rings. The van der Waals surface area contributed by atoms with Gasteiger partial charge in [-0.25, -0.2) is 4.39 Å². The molecule has 162 valence electrons. The Morgan fingerprint density at radius 1 is 1.10 bits per heavy atom. The number of benzene rings is 2. The van der Waals surface area contributed by atoms with E-state index >= 15 is 0 Å². The van der Waals surface area contributed by atoms with Crippen LogP contribution in [0.25, 0.3) is 10.9 Å². The summed E-state index contributed by atoms with van der Waals surface area (Å²) in [6.45, 7) is 9.81. The molecule has 1 N–H and O–H groups in total. The van der Waals surface area contributed by atoms with E-state index in [1.54, 1.807) is 12.1 Å². The number of likely N-dealkylation sites (tertiary alicyclic amines) is 1. The summed E-state index contributed by atoms with van der Waals surface area (Å²) in [5.74, 6) is 0.493. The number of anilines is 1. The molecule has 2 aromatic carbocycles. The molecule has 0 aliphatic carbocycles. The third-order valence-electron chi connectivity index (χ3n) is 7.24. The Bertz CT molecular complexity index is 1140. The normalized spacial score (nSPS) is 19.4. The van der Waals surface area contributed by atoms with Gasteiger partial charge in [-0.3, -0.25) is 4.79 Å². The summed E-state index contributed by atoms with van der Waals surface area (Å²) in [7, 11) is 0. The van der Waals surface area contributed by atoms with Gasteiger partial charge >= 0.3 is 0 Å². The van der Waals surface area contributed by atoms with Crippen LogP contribution in [-0.4, -0.2) is 42.0 Å². The van der Waals surface area contributed by atoms with Gasteiger partial charge in [0, 0.05) is 35.9 Å². The highest BCUT2D eigenvalue weighted by Gasteiger charge is 2.43. The molecule has 0 radical (unpaired) electrons. The number of hydrogen-bond donors (Lipinski definition) is 1. The number of amides is 1. The molecule has 1 aromatic heterocycles. The molecule has 1 saturated heterocycles. The SMILES string of the molecule is Cc1ccc2c(c1)C(C)(C)C(=O)N2CCN1CCC(c2c[nH]c3cc(F)ccc23)CC1. The summed E-state index contributed by atoms with van der Waals surface area (Å²) in [5, 5.41) is 1.14. The van der Waals surface area contributed by atoms with E-state index in [0.29, 0.717) is 5.92 Å². The number of halogens is 1. The number of carbonyl (C=O) groups is 1. The lowest BCUT2D eigenvalue weighted by molar-refractivity contribution is -0.122. The van der Waals surface area contributed by atoms with Gasteiger partial charge in [-0.1, -0.05) is 17.7 Å². The monoisotopic (exact) mass is 419 g/mol. The zero-order valence-electron chi connectivity index (χ0n) is 18.5. The van der Waals surface area contributed by atoms with Gasteiger partial charge in [-0.05, 0) is 88.0 Å². The number of nitrogens with one attached hydrogen (secondary N) is 1. The van der Waals surface area contributed by atoms with Crippen molar-refractivity contribution in [2.75, 3.05) is 31.1 Å². The summed E-state index contributed by atoms with van der Waals surface area (Å²) >= 11 is 0. The highest BCUT2D eigenvalue weighted by molar-refractivity contribution is 6.07. The number of carbonyl (C=O) groups excluding carboxylic acids is 1. The lowest BCUT2D eigenvalue weighted by atomic mass is 9.85. The van der Waals surface area contributed by atoms with Crippen LogP contribution in [0.15, 0.2) is 42.6 Å². The Kier molecular flexibility index (Phi) is 4.89. The zero-order chi connectivity index (χ0) is 21.8. The Morgan fingerprint density at radius 2 is 1.87 bits per heavy atom. The van der Waals surface area contributed by atoms with E-state index < -0.39 is 5.41 Å². The summed E-state index contributed by atoms with van der Waals surface area (Å²) in [5.41, 5.74) is 5.14. The van der Waals surface area contributed by atoms with E-state index in [4.69, 9.17) is 0 Å². The Hall–Kier alpha value is -2.66. The van der Waals surface area contributed by atoms with Crippen LogP contribution in [0.2, 0.25) is 0 Å². The van der Waals surface area contributed by atoms with E-state index in [1.165, 1.54) is 11.1 Å². The van der Waals surface area contributed by atoms with Crippen LogP contribution in [0.1, 0.15) is 49.3 Å². The predicted molar refractivity (Wildman–Crippen MR) is 123 cm³/mol. The van der Waals surface area contributed by atoms with Crippen LogP contribution >= 0.6 is 0 Å². The Morgan fingerprint density at radius 3 is 2.65 bits per heavy atom. The maximum Gasteiger partial charge on any atom is 0.237 e. The maximum atomic E-state index is 13.5. The number of aromatic nitrogens is 1. The first kappa shape index (κ1) is 20.3. The molecule has 2 aliphatic heterocycles. The van der Waals surface area contributed by atoms with Crippen molar-refractivity contribution in [2.24, 2.45) is 0 Å². The predicted octanol–water partition coefficient (Wildman–Crippen LogP) is 5.12. The van der Waals surface area contributed by atoms with Gasteiger partial charge in [0.05, 0.1) is 5.41 Å². The lowest BCUT2D eigenvalue weighted by Crippen LogP contribution is -2.43. The van der Waals surface area contributed by atoms with Crippen LogP contribution in [0.5, 0.6) is 0 Å². The molecule has 1 amide bonds. The molecular formula is C26H30FN3O. The van der Waals surface area contributed by atoms with Crippen molar-refractivity contribution in [3.8, 4) is 0 Å². The molecule has 0 bridgehead atoms. The second kappa shape index (κ2) is 7.49. The quantitative estimate of drug-likeness (QED) is 0.638. The minimum atomic E-state index is -0.455. The third kappa shape index (κ3) is 3.45. The van der Waals surface area contributed by atoms with Gasteiger partial charge in [0.25, 0.3) is 0 Å². The minimum absolute atomic E-state index is 0.202. The average Bonchev–Trinajstić information content (AvgIpc) is 3.24. The number of hydrogen-bond acceptors (Lipinski definition) is 2. The molecule has 3 heterocycles. The van der Waals surface area contributed by atoms with Crippen LogP contribution in [0.4, 0.5) is 10.1 Å². The van der Waals surface area contributed by atoms with Crippen LogP contribution in [-0.2, 0) is 10.2 Å².